The number of thiophene rings is 1. The highest BCUT2D eigenvalue weighted by Gasteiger charge is 2.18. The molecule has 2 N–H and O–H groups in total. The van der Waals surface area contributed by atoms with Crippen LogP contribution in [0.3, 0.4) is 0 Å². The van der Waals surface area contributed by atoms with Gasteiger partial charge in [0.05, 0.1) is 24.7 Å². The predicted molar refractivity (Wildman–Crippen MR) is 74.8 cm³/mol. The monoisotopic (exact) mass is 308 g/mol. The molecule has 0 radical (unpaired) electrons. The Balaban J connectivity index is 2.36. The van der Waals surface area contributed by atoms with E-state index in [2.05, 4.69) is 4.72 Å². The highest BCUT2D eigenvalue weighted by atomic mass is 32.2. The molecule has 0 spiro atoms. The molecule has 0 unspecified atom stereocenters. The maximum atomic E-state index is 11.9. The molecule has 0 saturated heterocycles. The van der Waals surface area contributed by atoms with Gasteiger partial charge in [0.2, 0.25) is 10.0 Å². The summed E-state index contributed by atoms with van der Waals surface area (Å²) < 4.78 is 31.6. The molecule has 0 saturated carbocycles. The van der Waals surface area contributed by atoms with Crippen molar-refractivity contribution in [3.8, 4) is 0 Å². The average Bonchev–Trinajstić information content (AvgIpc) is 2.82. The number of ether oxygens (including phenoxy) is 1. The molecule has 19 heavy (non-hydrogen) atoms. The number of hydrogen-bond acceptors (Lipinski definition) is 6. The first kappa shape index (κ1) is 16.5. The van der Waals surface area contributed by atoms with Gasteiger partial charge in [0.15, 0.2) is 0 Å². The van der Waals surface area contributed by atoms with Crippen LogP contribution >= 0.6 is 11.3 Å². The lowest BCUT2D eigenvalue weighted by atomic mass is 10.5. The molecule has 0 aliphatic carbocycles. The van der Waals surface area contributed by atoms with E-state index in [9.17, 15) is 8.42 Å². The second-order valence-corrected chi connectivity index (χ2v) is 6.92. The molecule has 1 aromatic rings. The quantitative estimate of drug-likeness (QED) is 0.633. The molecule has 1 heterocycles. The van der Waals surface area contributed by atoms with E-state index in [1.54, 1.807) is 5.38 Å². The van der Waals surface area contributed by atoms with Gasteiger partial charge in [0.25, 0.3) is 0 Å². The van der Waals surface area contributed by atoms with Crippen molar-refractivity contribution in [2.24, 2.45) is 0 Å². The van der Waals surface area contributed by atoms with Crippen LogP contribution in [-0.4, -0.2) is 58.8 Å². The van der Waals surface area contributed by atoms with Crippen molar-refractivity contribution in [2.75, 3.05) is 40.4 Å². The number of aliphatic hydroxyl groups is 1. The van der Waals surface area contributed by atoms with Crippen molar-refractivity contribution in [1.29, 1.82) is 0 Å². The van der Waals surface area contributed by atoms with E-state index in [-0.39, 0.29) is 18.0 Å². The minimum Gasteiger partial charge on any atom is -0.391 e. The van der Waals surface area contributed by atoms with Crippen molar-refractivity contribution in [3.05, 3.63) is 16.3 Å². The second kappa shape index (κ2) is 7.93. The van der Waals surface area contributed by atoms with Crippen LogP contribution in [0, 0.1) is 0 Å². The van der Waals surface area contributed by atoms with Crippen LogP contribution in [0.5, 0.6) is 0 Å². The summed E-state index contributed by atoms with van der Waals surface area (Å²) in [4.78, 5) is 2.58. The molecular weight excluding hydrogens is 288 g/mol. The van der Waals surface area contributed by atoms with E-state index < -0.39 is 10.0 Å². The summed E-state index contributed by atoms with van der Waals surface area (Å²) >= 11 is 1.22. The smallest absolute Gasteiger partial charge is 0.241 e. The van der Waals surface area contributed by atoms with Crippen LogP contribution < -0.4 is 4.72 Å². The van der Waals surface area contributed by atoms with Gasteiger partial charge in [0, 0.05) is 18.0 Å². The Morgan fingerprint density at radius 3 is 2.79 bits per heavy atom. The molecule has 0 aliphatic rings. The van der Waals surface area contributed by atoms with E-state index in [1.165, 1.54) is 17.4 Å². The summed E-state index contributed by atoms with van der Waals surface area (Å²) in [6.07, 6.45) is 0. The van der Waals surface area contributed by atoms with E-state index >= 15 is 0 Å². The third-order valence-corrected chi connectivity index (χ3v) is 4.94. The number of aliphatic hydroxyl groups excluding tert-OH is 1. The molecule has 1 rings (SSSR count). The molecule has 0 atom stereocenters. The third-order valence-electron chi connectivity index (χ3n) is 2.36. The van der Waals surface area contributed by atoms with Crippen molar-refractivity contribution in [2.45, 2.75) is 11.5 Å². The number of hydrogen-bond donors (Lipinski definition) is 2. The zero-order valence-corrected chi connectivity index (χ0v) is 12.8. The van der Waals surface area contributed by atoms with Crippen molar-refractivity contribution in [1.82, 2.24) is 9.62 Å². The number of nitrogens with zero attached hydrogens (tertiary/aromatic N) is 1. The van der Waals surface area contributed by atoms with Gasteiger partial charge in [-0.25, -0.2) is 13.1 Å². The minimum atomic E-state index is -3.55. The number of rotatable bonds is 9. The topological polar surface area (TPSA) is 78.9 Å². The highest BCUT2D eigenvalue weighted by molar-refractivity contribution is 7.89. The Bertz CT molecular complexity index is 471. The largest absolute Gasteiger partial charge is 0.391 e. The van der Waals surface area contributed by atoms with Gasteiger partial charge in [-0.15, -0.1) is 11.3 Å². The van der Waals surface area contributed by atoms with Crippen LogP contribution in [0.1, 0.15) is 4.88 Å². The van der Waals surface area contributed by atoms with Crippen molar-refractivity contribution in [3.63, 3.8) is 0 Å². The third kappa shape index (κ3) is 5.55. The van der Waals surface area contributed by atoms with E-state index in [0.717, 1.165) is 6.54 Å². The zero-order valence-electron chi connectivity index (χ0n) is 11.1. The lowest BCUT2D eigenvalue weighted by molar-refractivity contribution is 0.122. The van der Waals surface area contributed by atoms with Gasteiger partial charge in [-0.1, -0.05) is 0 Å². The Kier molecular flexibility index (Phi) is 6.90. The summed E-state index contributed by atoms with van der Waals surface area (Å²) in [6.45, 7) is 1.64. The predicted octanol–water partition coefficient (Wildman–Crippen LogP) is 0.0969. The van der Waals surface area contributed by atoms with E-state index in [4.69, 9.17) is 9.84 Å². The van der Waals surface area contributed by atoms with Crippen LogP contribution in [0.4, 0.5) is 0 Å². The van der Waals surface area contributed by atoms with Crippen molar-refractivity contribution >= 4 is 21.4 Å². The summed E-state index contributed by atoms with van der Waals surface area (Å²) in [6, 6.07) is 1.49. The average molecular weight is 308 g/mol. The van der Waals surface area contributed by atoms with Crippen LogP contribution in [0.15, 0.2) is 16.3 Å². The Morgan fingerprint density at radius 1 is 1.42 bits per heavy atom. The molecule has 0 amide bonds. The molecule has 8 heteroatoms. The molecule has 0 bridgehead atoms. The lowest BCUT2D eigenvalue weighted by Gasteiger charge is -2.10. The Hall–Kier alpha value is -0.510. The van der Waals surface area contributed by atoms with Gasteiger partial charge in [0.1, 0.15) is 0 Å². The number of likely N-dealkylation sites (N-methyl/N-ethyl adjacent to an activating group) is 1. The fraction of sp³-hybridized carbons (Fsp3) is 0.636. The summed E-state index contributed by atoms with van der Waals surface area (Å²) in [5, 5.41) is 10.7. The minimum absolute atomic E-state index is 0.147. The molecular formula is C11H20N2O4S2. The zero-order chi connectivity index (χ0) is 14.3. The van der Waals surface area contributed by atoms with E-state index in [1.807, 2.05) is 19.0 Å². The van der Waals surface area contributed by atoms with Crippen LogP contribution in [-0.2, 0) is 21.4 Å². The first-order chi connectivity index (χ1) is 8.97. The molecule has 110 valence electrons. The van der Waals surface area contributed by atoms with Gasteiger partial charge >= 0.3 is 0 Å². The SMILES string of the molecule is CN(C)CCOCCNS(=O)(=O)c1ccsc1CO. The molecule has 6 nitrogen and oxygen atoms in total. The Morgan fingerprint density at radius 2 is 2.16 bits per heavy atom. The standard InChI is InChI=1S/C11H20N2O4S2/c1-13(2)5-7-17-6-4-12-19(15,16)11-3-8-18-10(11)9-14/h3,8,12,14H,4-7,9H2,1-2H3. The van der Waals surface area contributed by atoms with Crippen LogP contribution in [0.2, 0.25) is 0 Å². The summed E-state index contributed by atoms with van der Waals surface area (Å²) in [5.74, 6) is 0. The number of nitrogens with one attached hydrogen (secondary N) is 1. The fourth-order valence-corrected chi connectivity index (χ4v) is 3.66. The Labute approximate surface area is 118 Å². The maximum Gasteiger partial charge on any atom is 0.241 e. The maximum absolute atomic E-state index is 11.9. The lowest BCUT2D eigenvalue weighted by Crippen LogP contribution is -2.28. The molecule has 0 aliphatic heterocycles. The van der Waals surface area contributed by atoms with E-state index in [0.29, 0.717) is 18.1 Å². The second-order valence-electron chi connectivity index (χ2n) is 4.18. The summed E-state index contributed by atoms with van der Waals surface area (Å²) in [7, 11) is 0.334. The van der Waals surface area contributed by atoms with Gasteiger partial charge in [-0.3, -0.25) is 0 Å². The molecule has 0 fully saturated rings. The summed E-state index contributed by atoms with van der Waals surface area (Å²) in [5.41, 5.74) is 0. The normalized spacial score (nSPS) is 12.2. The highest BCUT2D eigenvalue weighted by Crippen LogP contribution is 2.21. The first-order valence-electron chi connectivity index (χ1n) is 5.86. The van der Waals surface area contributed by atoms with Crippen molar-refractivity contribution < 1.29 is 18.3 Å². The van der Waals surface area contributed by atoms with Gasteiger partial charge in [-0.2, -0.15) is 0 Å². The van der Waals surface area contributed by atoms with Crippen LogP contribution in [0.25, 0.3) is 0 Å². The molecule has 0 aromatic carbocycles. The van der Waals surface area contributed by atoms with Gasteiger partial charge < -0.3 is 14.7 Å². The number of sulfonamides is 1. The van der Waals surface area contributed by atoms with Gasteiger partial charge in [-0.05, 0) is 25.5 Å². The molecule has 1 aromatic heterocycles. The first-order valence-corrected chi connectivity index (χ1v) is 8.23. The fourth-order valence-electron chi connectivity index (χ4n) is 1.36.